The Kier molecular flexibility index (Phi) is 3.87. The van der Waals surface area contributed by atoms with Crippen molar-refractivity contribution >= 4 is 35.3 Å². The lowest BCUT2D eigenvalue weighted by molar-refractivity contribution is -0.0162. The van der Waals surface area contributed by atoms with Crippen molar-refractivity contribution < 1.29 is 19.3 Å². The molecule has 2 aromatic rings. The molecule has 22 heavy (non-hydrogen) atoms. The summed E-state index contributed by atoms with van der Waals surface area (Å²) in [6, 6.07) is 0. The molecule has 4 N–H and O–H groups in total. The van der Waals surface area contributed by atoms with Gasteiger partial charge in [-0.25, -0.2) is 15.0 Å². The van der Waals surface area contributed by atoms with Crippen LogP contribution in [0.1, 0.15) is 6.23 Å². The molecule has 1 unspecified atom stereocenters. The third-order valence-electron chi connectivity index (χ3n) is 3.07. The Morgan fingerprint density at radius 3 is 3.00 bits per heavy atom. The van der Waals surface area contributed by atoms with Crippen molar-refractivity contribution in [1.29, 1.82) is 0 Å². The van der Waals surface area contributed by atoms with Crippen LogP contribution in [0.3, 0.4) is 0 Å². The molecule has 1 aliphatic rings. The summed E-state index contributed by atoms with van der Waals surface area (Å²) in [6.45, 7) is -1.42. The van der Waals surface area contributed by atoms with Gasteiger partial charge in [-0.3, -0.25) is 4.57 Å². The minimum absolute atomic E-state index is 0.00247. The fourth-order valence-electron chi connectivity index (χ4n) is 2.06. The van der Waals surface area contributed by atoms with Crippen LogP contribution in [0, 0.1) is 0 Å². The third kappa shape index (κ3) is 2.96. The quantitative estimate of drug-likeness (QED) is 0.687. The van der Waals surface area contributed by atoms with Gasteiger partial charge in [0.05, 0.1) is 12.9 Å². The van der Waals surface area contributed by atoms with Gasteiger partial charge >= 0.3 is 0 Å². The van der Waals surface area contributed by atoms with E-state index in [1.807, 2.05) is 0 Å². The number of nitrogen functional groups attached to an aromatic ring is 1. The van der Waals surface area contributed by atoms with Crippen molar-refractivity contribution in [3.63, 3.8) is 0 Å². The number of aromatic nitrogens is 4. The fraction of sp³-hybridized carbons (Fsp3) is 0.364. The van der Waals surface area contributed by atoms with Crippen LogP contribution in [0.25, 0.3) is 11.2 Å². The van der Waals surface area contributed by atoms with Gasteiger partial charge in [0.15, 0.2) is 24.2 Å². The number of ether oxygens (including phenoxy) is 1. The van der Waals surface area contributed by atoms with E-state index in [1.54, 1.807) is 4.57 Å². The van der Waals surface area contributed by atoms with E-state index in [4.69, 9.17) is 26.8 Å². The molecule has 0 saturated heterocycles. The molecule has 3 heterocycles. The van der Waals surface area contributed by atoms with Crippen LogP contribution in [-0.2, 0) is 21.1 Å². The van der Waals surface area contributed by atoms with Crippen LogP contribution in [-0.4, -0.2) is 48.9 Å². The van der Waals surface area contributed by atoms with Crippen LogP contribution in [0.4, 0.5) is 5.82 Å². The summed E-state index contributed by atoms with van der Waals surface area (Å²) in [5.74, 6) is 0.263. The van der Waals surface area contributed by atoms with Gasteiger partial charge < -0.3 is 25.0 Å². The summed E-state index contributed by atoms with van der Waals surface area (Å²) < 4.78 is 12.4. The van der Waals surface area contributed by atoms with Crippen LogP contribution in [0.2, 0.25) is 0 Å². The lowest BCUT2D eigenvalue weighted by Crippen LogP contribution is -2.19. The molecule has 2 aromatic heterocycles. The number of hydrogen-bond acceptors (Lipinski definition) is 8. The summed E-state index contributed by atoms with van der Waals surface area (Å²) in [5.41, 5.74) is 6.68. The Morgan fingerprint density at radius 2 is 2.27 bits per heavy atom. The van der Waals surface area contributed by atoms with Gasteiger partial charge in [-0.05, 0) is 11.8 Å². The van der Waals surface area contributed by atoms with Crippen molar-refractivity contribution in [2.45, 2.75) is 12.3 Å². The second kappa shape index (κ2) is 5.56. The van der Waals surface area contributed by atoms with Crippen LogP contribution < -0.4 is 5.73 Å². The number of anilines is 1. The fourth-order valence-corrected chi connectivity index (χ4v) is 2.66. The summed E-state index contributed by atoms with van der Waals surface area (Å²) in [6.07, 6.45) is 3.01. The van der Waals surface area contributed by atoms with E-state index in [0.717, 1.165) is 0 Å². The molecule has 0 spiro atoms. The van der Waals surface area contributed by atoms with Gasteiger partial charge in [0.1, 0.15) is 23.7 Å². The van der Waals surface area contributed by atoms with Gasteiger partial charge in [0.2, 0.25) is 0 Å². The summed E-state index contributed by atoms with van der Waals surface area (Å²) in [4.78, 5) is 21.6. The SMILES string of the molecule is CP(O)(=S)OC[C@H]1O[C@@H](n2cnc3c(N)ncnc32)C=C1O. The first-order chi connectivity index (χ1) is 10.3. The van der Waals surface area contributed by atoms with E-state index in [1.165, 1.54) is 25.4 Å². The van der Waals surface area contributed by atoms with E-state index in [9.17, 15) is 10.00 Å². The predicted molar refractivity (Wildman–Crippen MR) is 82.7 cm³/mol. The molecule has 0 saturated carbocycles. The number of aliphatic hydroxyl groups excluding tert-OH is 1. The Bertz CT molecular complexity index is 788. The Labute approximate surface area is 130 Å². The third-order valence-corrected chi connectivity index (χ3v) is 4.02. The predicted octanol–water partition coefficient (Wildman–Crippen LogP) is 0.696. The minimum Gasteiger partial charge on any atom is -0.510 e. The zero-order valence-corrected chi connectivity index (χ0v) is 13.2. The first-order valence-corrected chi connectivity index (χ1v) is 9.41. The highest BCUT2D eigenvalue weighted by Crippen LogP contribution is 2.39. The van der Waals surface area contributed by atoms with Gasteiger partial charge in [-0.1, -0.05) is 0 Å². The Hall–Kier alpha value is -1.58. The van der Waals surface area contributed by atoms with Crippen LogP contribution in [0.15, 0.2) is 24.5 Å². The molecule has 3 rings (SSSR count). The van der Waals surface area contributed by atoms with E-state index in [0.29, 0.717) is 11.2 Å². The molecule has 118 valence electrons. The van der Waals surface area contributed by atoms with Gasteiger partial charge in [0.25, 0.3) is 0 Å². The second-order valence-electron chi connectivity index (χ2n) is 4.79. The molecule has 0 aromatic carbocycles. The van der Waals surface area contributed by atoms with Gasteiger partial charge in [0, 0.05) is 12.7 Å². The molecule has 1 aliphatic heterocycles. The molecule has 3 atom stereocenters. The molecule has 0 amide bonds. The smallest absolute Gasteiger partial charge is 0.183 e. The Balaban J connectivity index is 1.82. The topological polar surface area (TPSA) is 129 Å². The van der Waals surface area contributed by atoms with Crippen molar-refractivity contribution in [1.82, 2.24) is 19.5 Å². The number of imidazole rings is 1. The minimum atomic E-state index is -2.81. The highest BCUT2D eigenvalue weighted by molar-refractivity contribution is 8.09. The molecule has 0 bridgehead atoms. The first-order valence-electron chi connectivity index (χ1n) is 6.29. The number of hydrogen-bond donors (Lipinski definition) is 3. The number of nitrogens with zero attached hydrogens (tertiary/aromatic N) is 4. The number of rotatable bonds is 4. The molecular weight excluding hydrogens is 329 g/mol. The number of fused-ring (bicyclic) bond motifs is 1. The summed E-state index contributed by atoms with van der Waals surface area (Å²) in [7, 11) is 0. The van der Waals surface area contributed by atoms with Gasteiger partial charge in [-0.15, -0.1) is 0 Å². The van der Waals surface area contributed by atoms with E-state index in [-0.39, 0.29) is 18.2 Å². The van der Waals surface area contributed by atoms with Gasteiger partial charge in [-0.2, -0.15) is 0 Å². The van der Waals surface area contributed by atoms with Crippen molar-refractivity contribution in [3.05, 3.63) is 24.5 Å². The Morgan fingerprint density at radius 1 is 1.50 bits per heavy atom. The molecule has 11 heteroatoms. The monoisotopic (exact) mass is 343 g/mol. The molecule has 0 fully saturated rings. The maximum absolute atomic E-state index is 9.94. The highest BCUT2D eigenvalue weighted by Gasteiger charge is 2.30. The molecule has 0 aliphatic carbocycles. The van der Waals surface area contributed by atoms with E-state index < -0.39 is 18.8 Å². The zero-order valence-electron chi connectivity index (χ0n) is 11.5. The second-order valence-corrected chi connectivity index (χ2v) is 8.69. The zero-order chi connectivity index (χ0) is 15.9. The van der Waals surface area contributed by atoms with Crippen molar-refractivity contribution in [2.24, 2.45) is 0 Å². The van der Waals surface area contributed by atoms with Crippen molar-refractivity contribution in [2.75, 3.05) is 19.0 Å². The largest absolute Gasteiger partial charge is 0.510 e. The number of aliphatic hydroxyl groups is 1. The summed E-state index contributed by atoms with van der Waals surface area (Å²) >= 11 is 4.79. The lowest BCUT2D eigenvalue weighted by atomic mass is 10.3. The van der Waals surface area contributed by atoms with E-state index in [2.05, 4.69) is 15.0 Å². The summed E-state index contributed by atoms with van der Waals surface area (Å²) in [5, 5.41) is 9.94. The standard InChI is InChI=1S/C11H14N5O4PS/c1-21(18,22)19-3-7-6(17)2-8(20-7)16-5-15-9-10(12)13-4-14-11(9)16/h2,4-5,7-8,17H,3H2,1H3,(H,18,22)(H2,12,13,14)/t7-,8-,21?/m1/s1. The average Bonchev–Trinajstić information content (AvgIpc) is 3.00. The highest BCUT2D eigenvalue weighted by atomic mass is 32.5. The van der Waals surface area contributed by atoms with Crippen LogP contribution >= 0.6 is 6.49 Å². The molecule has 9 nitrogen and oxygen atoms in total. The molecular formula is C11H14N5O4PS. The molecule has 0 radical (unpaired) electrons. The lowest BCUT2D eigenvalue weighted by Gasteiger charge is -2.17. The van der Waals surface area contributed by atoms with Crippen molar-refractivity contribution in [3.8, 4) is 0 Å². The maximum Gasteiger partial charge on any atom is 0.183 e. The first kappa shape index (κ1) is 15.3. The number of nitrogens with two attached hydrogens (primary N) is 1. The average molecular weight is 343 g/mol. The van der Waals surface area contributed by atoms with E-state index >= 15 is 0 Å². The maximum atomic E-state index is 9.94. The van der Waals surface area contributed by atoms with Crippen LogP contribution in [0.5, 0.6) is 0 Å². The normalized spacial score (nSPS) is 24.4.